The predicted molar refractivity (Wildman–Crippen MR) is 156 cm³/mol. The Labute approximate surface area is 249 Å². The first-order valence-corrected chi connectivity index (χ1v) is 15.4. The lowest BCUT2D eigenvalue weighted by molar-refractivity contribution is -0.266. The van der Waals surface area contributed by atoms with E-state index >= 15 is 0 Å². The molecule has 43 heavy (non-hydrogen) atoms. The molecule has 0 N–H and O–H groups in total. The largest absolute Gasteiger partial charge is 0.481 e. The lowest BCUT2D eigenvalue weighted by atomic mass is 10.0. The van der Waals surface area contributed by atoms with Crippen LogP contribution in [0.2, 0.25) is 0 Å². The Kier molecular flexibility index (Phi) is 9.51. The smallest absolute Gasteiger partial charge is 0.338 e. The summed E-state index contributed by atoms with van der Waals surface area (Å²) in [5.41, 5.74) is 1.48. The van der Waals surface area contributed by atoms with Gasteiger partial charge in [-0.3, -0.25) is 0 Å². The highest BCUT2D eigenvalue weighted by Gasteiger charge is 2.48. The van der Waals surface area contributed by atoms with Crippen LogP contribution in [0.25, 0.3) is 0 Å². The zero-order valence-corrected chi connectivity index (χ0v) is 24.1. The van der Waals surface area contributed by atoms with Crippen molar-refractivity contribution in [3.63, 3.8) is 0 Å². The molecule has 5 rings (SSSR count). The highest BCUT2D eigenvalue weighted by molar-refractivity contribution is 7.90. The van der Waals surface area contributed by atoms with E-state index in [0.717, 1.165) is 11.8 Å². The molecule has 1 saturated heterocycles. The molecule has 222 valence electrons. The molecule has 0 radical (unpaired) electrons. The van der Waals surface area contributed by atoms with Crippen LogP contribution in [0.1, 0.15) is 26.3 Å². The molecule has 0 saturated carbocycles. The number of hydrogen-bond acceptors (Lipinski definition) is 9. The third-order valence-corrected chi connectivity index (χ3v) is 7.81. The molecule has 10 heteroatoms. The van der Waals surface area contributed by atoms with Gasteiger partial charge in [-0.05, 0) is 54.1 Å². The molecule has 4 aromatic rings. The maximum absolute atomic E-state index is 13.3. The van der Waals surface area contributed by atoms with Gasteiger partial charge in [0.1, 0.15) is 5.75 Å². The molecule has 0 aliphatic carbocycles. The quantitative estimate of drug-likeness (QED) is 0.235. The number of esters is 2. The standard InChI is InChI=1S/C33H30O9S/c1-43(36,37)27-19-17-26(18-20-27)40-30-29(42-32(35)25-15-9-4-10-16-25)28(41-31(34)24-13-7-3-8-14-24)22-39-33(30)38-21-23-11-5-2-6-12-23/h2-20,28-30,33H,21-22H2,1H3. The molecule has 1 heterocycles. The van der Waals surface area contributed by atoms with Crippen LogP contribution in [-0.4, -0.2) is 57.8 Å². The molecule has 1 aliphatic rings. The van der Waals surface area contributed by atoms with Gasteiger partial charge in [-0.15, -0.1) is 0 Å². The SMILES string of the molecule is CS(=O)(=O)c1ccc(OC2C(OCc3ccccc3)OCC(OC(=O)c3ccccc3)C2OC(=O)c2ccccc2)cc1. The van der Waals surface area contributed by atoms with Crippen molar-refractivity contribution in [1.29, 1.82) is 0 Å². The molecule has 1 aliphatic heterocycles. The van der Waals surface area contributed by atoms with Gasteiger partial charge in [0, 0.05) is 6.26 Å². The van der Waals surface area contributed by atoms with Crippen molar-refractivity contribution in [2.24, 2.45) is 0 Å². The predicted octanol–water partition coefficient (Wildman–Crippen LogP) is 4.86. The van der Waals surface area contributed by atoms with Gasteiger partial charge < -0.3 is 23.7 Å². The fourth-order valence-corrected chi connectivity index (χ4v) is 5.11. The average Bonchev–Trinajstić information content (AvgIpc) is 3.03. The normalized spacial score (nSPS) is 20.1. The van der Waals surface area contributed by atoms with Gasteiger partial charge in [-0.2, -0.15) is 0 Å². The van der Waals surface area contributed by atoms with Gasteiger partial charge in [0.2, 0.25) is 0 Å². The molecule has 0 amide bonds. The molecule has 0 aromatic heterocycles. The van der Waals surface area contributed by atoms with Gasteiger partial charge in [0.05, 0.1) is 29.2 Å². The summed E-state index contributed by atoms with van der Waals surface area (Å²) in [7, 11) is -3.44. The number of carbonyl (C=O) groups excluding carboxylic acids is 2. The van der Waals surface area contributed by atoms with Crippen LogP contribution in [0.15, 0.2) is 120 Å². The topological polar surface area (TPSA) is 114 Å². The summed E-state index contributed by atoms with van der Waals surface area (Å²) in [5, 5.41) is 0. The van der Waals surface area contributed by atoms with Crippen LogP contribution in [0.4, 0.5) is 0 Å². The monoisotopic (exact) mass is 602 g/mol. The van der Waals surface area contributed by atoms with Crippen LogP contribution in [0.5, 0.6) is 5.75 Å². The van der Waals surface area contributed by atoms with Gasteiger partial charge >= 0.3 is 11.9 Å². The summed E-state index contributed by atoms with van der Waals surface area (Å²) in [5.74, 6) is -1.02. The first kappa shape index (κ1) is 30.0. The van der Waals surface area contributed by atoms with Gasteiger partial charge in [0.15, 0.2) is 34.4 Å². The van der Waals surface area contributed by atoms with Crippen molar-refractivity contribution in [2.75, 3.05) is 12.9 Å². The van der Waals surface area contributed by atoms with Gasteiger partial charge in [-0.1, -0.05) is 66.7 Å². The van der Waals surface area contributed by atoms with E-state index in [4.69, 9.17) is 23.7 Å². The van der Waals surface area contributed by atoms with Crippen molar-refractivity contribution in [1.82, 2.24) is 0 Å². The summed E-state index contributed by atoms with van der Waals surface area (Å²) in [6.45, 7) is 0.0177. The molecule has 0 bridgehead atoms. The third-order valence-electron chi connectivity index (χ3n) is 6.68. The Bertz CT molecular complexity index is 1610. The maximum Gasteiger partial charge on any atom is 0.338 e. The van der Waals surface area contributed by atoms with E-state index < -0.39 is 46.4 Å². The van der Waals surface area contributed by atoms with Crippen molar-refractivity contribution in [2.45, 2.75) is 36.1 Å². The average molecular weight is 603 g/mol. The van der Waals surface area contributed by atoms with Crippen molar-refractivity contribution in [3.05, 3.63) is 132 Å². The van der Waals surface area contributed by atoms with E-state index in [-0.39, 0.29) is 23.9 Å². The second-order valence-electron chi connectivity index (χ2n) is 9.87. The fourth-order valence-electron chi connectivity index (χ4n) is 4.48. The highest BCUT2D eigenvalue weighted by atomic mass is 32.2. The van der Waals surface area contributed by atoms with Crippen LogP contribution in [0, 0.1) is 0 Å². The number of hydrogen-bond donors (Lipinski definition) is 0. The molecular formula is C33H30O9S. The first-order valence-electron chi connectivity index (χ1n) is 13.5. The zero-order valence-electron chi connectivity index (χ0n) is 23.3. The Morgan fingerprint density at radius 1 is 0.721 bits per heavy atom. The minimum Gasteiger partial charge on any atom is -0.481 e. The van der Waals surface area contributed by atoms with E-state index in [0.29, 0.717) is 11.1 Å². The van der Waals surface area contributed by atoms with Crippen LogP contribution in [-0.2, 0) is 35.4 Å². The Hall–Kier alpha value is -4.51. The summed E-state index contributed by atoms with van der Waals surface area (Å²) < 4.78 is 54.2. The molecule has 4 aromatic carbocycles. The number of sulfone groups is 1. The Morgan fingerprint density at radius 2 is 1.26 bits per heavy atom. The molecule has 0 spiro atoms. The summed E-state index contributed by atoms with van der Waals surface area (Å²) >= 11 is 0. The molecule has 4 unspecified atom stereocenters. The van der Waals surface area contributed by atoms with Crippen molar-refractivity contribution in [3.8, 4) is 5.75 Å². The Balaban J connectivity index is 1.47. The number of benzene rings is 4. The van der Waals surface area contributed by atoms with E-state index in [9.17, 15) is 18.0 Å². The summed E-state index contributed by atoms with van der Waals surface area (Å²) in [6.07, 6.45) is -3.27. The van der Waals surface area contributed by atoms with Gasteiger partial charge in [0.25, 0.3) is 0 Å². The first-order chi connectivity index (χ1) is 20.8. The van der Waals surface area contributed by atoms with Crippen molar-refractivity contribution < 1.29 is 41.7 Å². The molecule has 9 nitrogen and oxygen atoms in total. The van der Waals surface area contributed by atoms with E-state index in [1.54, 1.807) is 60.7 Å². The van der Waals surface area contributed by atoms with Gasteiger partial charge in [-0.25, -0.2) is 18.0 Å². The van der Waals surface area contributed by atoms with Crippen LogP contribution in [0.3, 0.4) is 0 Å². The molecule has 1 fully saturated rings. The molecular weight excluding hydrogens is 572 g/mol. The number of carbonyl (C=O) groups is 2. The van der Waals surface area contributed by atoms with E-state index in [1.807, 2.05) is 30.3 Å². The van der Waals surface area contributed by atoms with Crippen LogP contribution < -0.4 is 4.74 Å². The third kappa shape index (κ3) is 7.86. The fraction of sp³-hybridized carbons (Fsp3) is 0.212. The summed E-state index contributed by atoms with van der Waals surface area (Å²) in [6, 6.07) is 32.0. The maximum atomic E-state index is 13.3. The van der Waals surface area contributed by atoms with E-state index in [2.05, 4.69) is 0 Å². The lowest BCUT2D eigenvalue weighted by Crippen LogP contribution is -2.59. The number of ether oxygens (including phenoxy) is 5. The minimum absolute atomic E-state index is 0.110. The Morgan fingerprint density at radius 3 is 1.81 bits per heavy atom. The zero-order chi connectivity index (χ0) is 30.2. The lowest BCUT2D eigenvalue weighted by Gasteiger charge is -2.41. The second-order valence-corrected chi connectivity index (χ2v) is 11.9. The van der Waals surface area contributed by atoms with E-state index in [1.165, 1.54) is 24.3 Å². The van der Waals surface area contributed by atoms with Crippen LogP contribution >= 0.6 is 0 Å². The summed E-state index contributed by atoms with van der Waals surface area (Å²) in [4.78, 5) is 26.5. The minimum atomic E-state index is -3.44. The number of rotatable bonds is 10. The highest BCUT2D eigenvalue weighted by Crippen LogP contribution is 2.29. The van der Waals surface area contributed by atoms with Crippen molar-refractivity contribution >= 4 is 21.8 Å². The molecule has 4 atom stereocenters. The second kappa shape index (κ2) is 13.6.